The summed E-state index contributed by atoms with van der Waals surface area (Å²) in [6.07, 6.45) is 5.50. The van der Waals surface area contributed by atoms with Crippen LogP contribution in [-0.2, 0) is 0 Å². The van der Waals surface area contributed by atoms with E-state index in [9.17, 15) is 8.78 Å². The minimum absolute atomic E-state index is 0.0128. The third kappa shape index (κ3) is 4.62. The second-order valence-corrected chi connectivity index (χ2v) is 4.79. The van der Waals surface area contributed by atoms with Crippen molar-refractivity contribution in [2.24, 2.45) is 0 Å². The number of ether oxygens (including phenoxy) is 1. The molecule has 0 saturated carbocycles. The van der Waals surface area contributed by atoms with Gasteiger partial charge in [-0.25, -0.2) is 4.39 Å². The monoisotopic (exact) mass is 306 g/mol. The average molecular weight is 307 g/mol. The number of hydrogen-bond donors (Lipinski definition) is 0. The molecule has 0 heterocycles. The maximum Gasteiger partial charge on any atom is 0.201 e. The van der Waals surface area contributed by atoms with Gasteiger partial charge in [0.2, 0.25) is 5.82 Å². The van der Waals surface area contributed by atoms with E-state index in [1.807, 2.05) is 0 Å². The van der Waals surface area contributed by atoms with Gasteiger partial charge in [-0.05, 0) is 34.5 Å². The van der Waals surface area contributed by atoms with E-state index in [-0.39, 0.29) is 10.2 Å². The van der Waals surface area contributed by atoms with Gasteiger partial charge in [0.05, 0.1) is 11.1 Å². The molecule has 0 fully saturated rings. The normalized spacial score (nSPS) is 10.6. The Labute approximate surface area is 109 Å². The van der Waals surface area contributed by atoms with Gasteiger partial charge in [-0.15, -0.1) is 0 Å². The Morgan fingerprint density at radius 1 is 1.06 bits per heavy atom. The molecule has 0 spiro atoms. The summed E-state index contributed by atoms with van der Waals surface area (Å²) in [7, 11) is 0. The molecular formula is C13H17BrF2O. The zero-order valence-electron chi connectivity index (χ0n) is 9.94. The summed E-state index contributed by atoms with van der Waals surface area (Å²) in [6, 6.07) is 2.89. The third-order valence-electron chi connectivity index (χ3n) is 2.51. The molecule has 0 amide bonds. The van der Waals surface area contributed by atoms with E-state index < -0.39 is 11.6 Å². The van der Waals surface area contributed by atoms with Gasteiger partial charge >= 0.3 is 0 Å². The molecule has 0 saturated heterocycles. The van der Waals surface area contributed by atoms with Crippen LogP contribution in [-0.4, -0.2) is 6.61 Å². The van der Waals surface area contributed by atoms with Crippen molar-refractivity contribution < 1.29 is 13.5 Å². The van der Waals surface area contributed by atoms with Crippen molar-refractivity contribution in [2.75, 3.05) is 6.61 Å². The number of hydrogen-bond acceptors (Lipinski definition) is 1. The predicted octanol–water partition coefficient (Wildman–Crippen LogP) is 5.08. The fourth-order valence-corrected chi connectivity index (χ4v) is 1.81. The van der Waals surface area contributed by atoms with E-state index in [4.69, 9.17) is 4.74 Å². The van der Waals surface area contributed by atoms with Crippen LogP contribution in [0.2, 0.25) is 0 Å². The van der Waals surface area contributed by atoms with Crippen molar-refractivity contribution in [3.63, 3.8) is 0 Å². The summed E-state index contributed by atoms with van der Waals surface area (Å²) in [6.45, 7) is 2.58. The third-order valence-corrected chi connectivity index (χ3v) is 3.12. The fraction of sp³-hybridized carbons (Fsp3) is 0.538. The van der Waals surface area contributed by atoms with Crippen molar-refractivity contribution in [3.8, 4) is 5.75 Å². The largest absolute Gasteiger partial charge is 0.490 e. The van der Waals surface area contributed by atoms with Gasteiger partial charge in [-0.3, -0.25) is 0 Å². The first-order chi connectivity index (χ1) is 8.16. The lowest BCUT2D eigenvalue weighted by atomic mass is 10.2. The van der Waals surface area contributed by atoms with Crippen molar-refractivity contribution in [2.45, 2.75) is 39.0 Å². The van der Waals surface area contributed by atoms with Crippen LogP contribution >= 0.6 is 15.9 Å². The summed E-state index contributed by atoms with van der Waals surface area (Å²) in [5.41, 5.74) is 0. The second kappa shape index (κ2) is 7.64. The quantitative estimate of drug-likeness (QED) is 0.504. The summed E-state index contributed by atoms with van der Waals surface area (Å²) >= 11 is 2.92. The predicted molar refractivity (Wildman–Crippen MR) is 68.3 cm³/mol. The molecule has 0 aliphatic carbocycles. The van der Waals surface area contributed by atoms with Gasteiger partial charge in [-0.2, -0.15) is 4.39 Å². The minimum atomic E-state index is -0.923. The zero-order chi connectivity index (χ0) is 12.7. The number of halogens is 3. The Kier molecular flexibility index (Phi) is 6.48. The molecule has 0 unspecified atom stereocenters. The smallest absolute Gasteiger partial charge is 0.201 e. The topological polar surface area (TPSA) is 9.23 Å². The highest BCUT2D eigenvalue weighted by atomic mass is 79.9. The molecule has 1 aromatic carbocycles. The van der Waals surface area contributed by atoms with Gasteiger partial charge < -0.3 is 4.74 Å². The summed E-state index contributed by atoms with van der Waals surface area (Å²) in [4.78, 5) is 0. The summed E-state index contributed by atoms with van der Waals surface area (Å²) in [5, 5.41) is 0. The molecule has 17 heavy (non-hydrogen) atoms. The first-order valence-electron chi connectivity index (χ1n) is 5.93. The Balaban J connectivity index is 2.35. The zero-order valence-corrected chi connectivity index (χ0v) is 11.5. The van der Waals surface area contributed by atoms with Gasteiger partial charge in [0.15, 0.2) is 11.6 Å². The lowest BCUT2D eigenvalue weighted by molar-refractivity contribution is 0.284. The van der Waals surface area contributed by atoms with Crippen molar-refractivity contribution in [3.05, 3.63) is 28.2 Å². The molecule has 1 rings (SSSR count). The van der Waals surface area contributed by atoms with Gasteiger partial charge in [0, 0.05) is 0 Å². The highest BCUT2D eigenvalue weighted by molar-refractivity contribution is 9.10. The van der Waals surface area contributed by atoms with Crippen LogP contribution in [0, 0.1) is 11.6 Å². The average Bonchev–Trinajstić information content (AvgIpc) is 2.33. The summed E-state index contributed by atoms with van der Waals surface area (Å²) in [5.74, 6) is -1.83. The number of rotatable bonds is 7. The fourth-order valence-electron chi connectivity index (χ4n) is 1.51. The summed E-state index contributed by atoms with van der Waals surface area (Å²) < 4.78 is 31.9. The minimum Gasteiger partial charge on any atom is -0.490 e. The Hall–Kier alpha value is -0.640. The van der Waals surface area contributed by atoms with Crippen LogP contribution in [0.3, 0.4) is 0 Å². The van der Waals surface area contributed by atoms with Crippen LogP contribution in [0.4, 0.5) is 8.78 Å². The van der Waals surface area contributed by atoms with Gasteiger partial charge in [0.1, 0.15) is 0 Å². The number of benzene rings is 1. The van der Waals surface area contributed by atoms with Crippen molar-refractivity contribution >= 4 is 15.9 Å². The molecule has 0 radical (unpaired) electrons. The van der Waals surface area contributed by atoms with E-state index in [1.54, 1.807) is 0 Å². The van der Waals surface area contributed by atoms with E-state index >= 15 is 0 Å². The maximum absolute atomic E-state index is 13.4. The van der Waals surface area contributed by atoms with Crippen molar-refractivity contribution in [1.29, 1.82) is 0 Å². The molecule has 0 N–H and O–H groups in total. The van der Waals surface area contributed by atoms with E-state index in [0.717, 1.165) is 19.3 Å². The molecule has 1 aromatic rings. The molecular weight excluding hydrogens is 290 g/mol. The van der Waals surface area contributed by atoms with Crippen LogP contribution in [0.15, 0.2) is 16.6 Å². The molecule has 96 valence electrons. The Bertz CT molecular complexity index is 356. The number of unbranched alkanes of at least 4 members (excludes halogenated alkanes) is 4. The Morgan fingerprint density at radius 3 is 2.47 bits per heavy atom. The molecule has 0 aromatic heterocycles. The van der Waals surface area contributed by atoms with E-state index in [1.165, 1.54) is 25.0 Å². The van der Waals surface area contributed by atoms with E-state index in [0.29, 0.717) is 6.61 Å². The van der Waals surface area contributed by atoms with Crippen LogP contribution in [0.1, 0.15) is 39.0 Å². The Morgan fingerprint density at radius 2 is 1.76 bits per heavy atom. The first kappa shape index (κ1) is 14.4. The standard InChI is InChI=1S/C13H17BrF2O/c1-2-3-4-5-6-9-17-11-8-7-10(14)12(15)13(11)16/h7-8H,2-6,9H2,1H3. The molecule has 0 atom stereocenters. The highest BCUT2D eigenvalue weighted by Gasteiger charge is 2.12. The molecule has 0 aliphatic rings. The van der Waals surface area contributed by atoms with Gasteiger partial charge in [0.25, 0.3) is 0 Å². The second-order valence-electron chi connectivity index (χ2n) is 3.94. The van der Waals surface area contributed by atoms with Crippen molar-refractivity contribution in [1.82, 2.24) is 0 Å². The lowest BCUT2D eigenvalue weighted by Gasteiger charge is -2.08. The molecule has 0 aliphatic heterocycles. The molecule has 0 bridgehead atoms. The van der Waals surface area contributed by atoms with Crippen LogP contribution in [0.5, 0.6) is 5.75 Å². The molecule has 4 heteroatoms. The van der Waals surface area contributed by atoms with Crippen LogP contribution in [0.25, 0.3) is 0 Å². The SMILES string of the molecule is CCCCCCCOc1ccc(Br)c(F)c1F. The van der Waals surface area contributed by atoms with Gasteiger partial charge in [-0.1, -0.05) is 32.6 Å². The lowest BCUT2D eigenvalue weighted by Crippen LogP contribution is -2.01. The maximum atomic E-state index is 13.4. The van der Waals surface area contributed by atoms with Crippen LogP contribution < -0.4 is 4.74 Å². The molecule has 1 nitrogen and oxygen atoms in total. The van der Waals surface area contributed by atoms with E-state index in [2.05, 4.69) is 22.9 Å². The highest BCUT2D eigenvalue weighted by Crippen LogP contribution is 2.26. The first-order valence-corrected chi connectivity index (χ1v) is 6.72.